The SMILES string of the molecule is C#CCNC(=O)CN1CCC(C(=O)Nc2cccc(C)n2)CC1. The molecule has 6 nitrogen and oxygen atoms in total. The summed E-state index contributed by atoms with van der Waals surface area (Å²) in [6.45, 7) is 3.92. The number of pyridine rings is 1. The summed E-state index contributed by atoms with van der Waals surface area (Å²) in [5.41, 5.74) is 0.871. The van der Waals surface area contributed by atoms with Crippen LogP contribution in [-0.4, -0.2) is 47.9 Å². The molecular formula is C17H22N4O2. The van der Waals surface area contributed by atoms with Gasteiger partial charge < -0.3 is 10.6 Å². The highest BCUT2D eigenvalue weighted by Gasteiger charge is 2.26. The Morgan fingerprint density at radius 3 is 2.78 bits per heavy atom. The number of likely N-dealkylation sites (tertiary alicyclic amines) is 1. The van der Waals surface area contributed by atoms with Crippen molar-refractivity contribution in [3.8, 4) is 12.3 Å². The molecule has 0 saturated carbocycles. The number of anilines is 1. The van der Waals surface area contributed by atoms with E-state index in [0.717, 1.165) is 31.6 Å². The number of nitrogens with zero attached hydrogens (tertiary/aromatic N) is 2. The predicted molar refractivity (Wildman–Crippen MR) is 88.6 cm³/mol. The molecule has 0 aliphatic carbocycles. The Morgan fingerprint density at radius 2 is 2.13 bits per heavy atom. The highest BCUT2D eigenvalue weighted by atomic mass is 16.2. The number of carbonyl (C=O) groups is 2. The van der Waals surface area contributed by atoms with Crippen molar-refractivity contribution in [1.82, 2.24) is 15.2 Å². The molecule has 122 valence electrons. The molecule has 0 spiro atoms. The lowest BCUT2D eigenvalue weighted by Crippen LogP contribution is -2.43. The maximum atomic E-state index is 12.3. The van der Waals surface area contributed by atoms with Gasteiger partial charge >= 0.3 is 0 Å². The van der Waals surface area contributed by atoms with Crippen molar-refractivity contribution >= 4 is 17.6 Å². The van der Waals surface area contributed by atoms with Gasteiger partial charge in [0.05, 0.1) is 13.1 Å². The van der Waals surface area contributed by atoms with Crippen molar-refractivity contribution in [3.05, 3.63) is 23.9 Å². The molecule has 2 heterocycles. The van der Waals surface area contributed by atoms with Gasteiger partial charge in [0.2, 0.25) is 11.8 Å². The molecule has 2 amide bonds. The third-order valence-corrected chi connectivity index (χ3v) is 3.85. The van der Waals surface area contributed by atoms with Crippen molar-refractivity contribution < 1.29 is 9.59 Å². The second-order valence-electron chi connectivity index (χ2n) is 5.68. The van der Waals surface area contributed by atoms with E-state index in [9.17, 15) is 9.59 Å². The Labute approximate surface area is 136 Å². The van der Waals surface area contributed by atoms with E-state index in [1.165, 1.54) is 0 Å². The number of nitrogens with one attached hydrogen (secondary N) is 2. The lowest BCUT2D eigenvalue weighted by atomic mass is 9.96. The molecule has 0 unspecified atom stereocenters. The Bertz CT molecular complexity index is 601. The number of aromatic nitrogens is 1. The zero-order valence-corrected chi connectivity index (χ0v) is 13.3. The minimum Gasteiger partial charge on any atom is -0.344 e. The average molecular weight is 314 g/mol. The summed E-state index contributed by atoms with van der Waals surface area (Å²) in [7, 11) is 0. The molecule has 1 aliphatic rings. The molecule has 0 aromatic carbocycles. The lowest BCUT2D eigenvalue weighted by molar-refractivity contribution is -0.123. The summed E-state index contributed by atoms with van der Waals surface area (Å²) in [6.07, 6.45) is 6.58. The van der Waals surface area contributed by atoms with Crippen molar-refractivity contribution in [2.24, 2.45) is 5.92 Å². The number of hydrogen-bond acceptors (Lipinski definition) is 4. The van der Waals surface area contributed by atoms with Gasteiger partial charge in [0.15, 0.2) is 0 Å². The van der Waals surface area contributed by atoms with Crippen LogP contribution in [0.5, 0.6) is 0 Å². The van der Waals surface area contributed by atoms with Gasteiger partial charge in [-0.3, -0.25) is 14.5 Å². The maximum absolute atomic E-state index is 12.3. The van der Waals surface area contributed by atoms with Gasteiger partial charge in [-0.15, -0.1) is 6.42 Å². The zero-order chi connectivity index (χ0) is 16.7. The average Bonchev–Trinajstić information content (AvgIpc) is 2.53. The molecular weight excluding hydrogens is 292 g/mol. The van der Waals surface area contributed by atoms with Crippen molar-refractivity contribution in [2.75, 3.05) is 31.5 Å². The second-order valence-corrected chi connectivity index (χ2v) is 5.68. The number of hydrogen-bond donors (Lipinski definition) is 2. The molecule has 0 bridgehead atoms. The highest BCUT2D eigenvalue weighted by molar-refractivity contribution is 5.91. The Morgan fingerprint density at radius 1 is 1.39 bits per heavy atom. The Balaban J connectivity index is 1.76. The second kappa shape index (κ2) is 8.30. The van der Waals surface area contributed by atoms with Crippen molar-refractivity contribution in [1.29, 1.82) is 0 Å². The minimum atomic E-state index is -0.0742. The van der Waals surface area contributed by atoms with E-state index in [4.69, 9.17) is 6.42 Å². The van der Waals surface area contributed by atoms with Gasteiger partial charge in [-0.1, -0.05) is 12.0 Å². The number of terminal acetylenes is 1. The highest BCUT2D eigenvalue weighted by Crippen LogP contribution is 2.18. The van der Waals surface area contributed by atoms with Crippen LogP contribution in [0, 0.1) is 25.2 Å². The van der Waals surface area contributed by atoms with Gasteiger partial charge in [0.1, 0.15) is 5.82 Å². The number of aryl methyl sites for hydroxylation is 1. The molecule has 1 aliphatic heterocycles. The van der Waals surface area contributed by atoms with Crippen molar-refractivity contribution in [2.45, 2.75) is 19.8 Å². The molecule has 1 fully saturated rings. The fourth-order valence-corrected chi connectivity index (χ4v) is 2.60. The Hall–Kier alpha value is -2.39. The fraction of sp³-hybridized carbons (Fsp3) is 0.471. The normalized spacial score (nSPS) is 15.7. The smallest absolute Gasteiger partial charge is 0.234 e. The number of rotatable bonds is 5. The fourth-order valence-electron chi connectivity index (χ4n) is 2.60. The van der Waals surface area contributed by atoms with Gasteiger partial charge in [-0.05, 0) is 45.0 Å². The molecule has 1 aromatic heterocycles. The van der Waals surface area contributed by atoms with E-state index in [1.54, 1.807) is 6.07 Å². The van der Waals surface area contributed by atoms with Crippen LogP contribution in [0.25, 0.3) is 0 Å². The molecule has 0 radical (unpaired) electrons. The number of amides is 2. The van der Waals surface area contributed by atoms with Gasteiger partial charge in [0.25, 0.3) is 0 Å². The summed E-state index contributed by atoms with van der Waals surface area (Å²) in [5.74, 6) is 2.85. The van der Waals surface area contributed by atoms with E-state index in [2.05, 4.69) is 21.5 Å². The van der Waals surface area contributed by atoms with Gasteiger partial charge in [-0.25, -0.2) is 4.98 Å². The van der Waals surface area contributed by atoms with Crippen molar-refractivity contribution in [3.63, 3.8) is 0 Å². The molecule has 6 heteroatoms. The van der Waals surface area contributed by atoms with Crippen LogP contribution in [0.1, 0.15) is 18.5 Å². The van der Waals surface area contributed by atoms with E-state index in [1.807, 2.05) is 24.0 Å². The molecule has 1 aromatic rings. The summed E-state index contributed by atoms with van der Waals surface area (Å²) >= 11 is 0. The van der Waals surface area contributed by atoms with Crippen LogP contribution in [0.4, 0.5) is 5.82 Å². The molecule has 0 atom stereocenters. The first-order chi connectivity index (χ1) is 11.1. The summed E-state index contributed by atoms with van der Waals surface area (Å²) in [5, 5.41) is 5.51. The quantitative estimate of drug-likeness (QED) is 0.788. The van der Waals surface area contributed by atoms with Crippen LogP contribution < -0.4 is 10.6 Å². The third-order valence-electron chi connectivity index (χ3n) is 3.85. The third kappa shape index (κ3) is 5.38. The van der Waals surface area contributed by atoms with Gasteiger partial charge in [0, 0.05) is 11.6 Å². The molecule has 2 rings (SSSR count). The van der Waals surface area contributed by atoms with Crippen LogP contribution in [0.15, 0.2) is 18.2 Å². The van der Waals surface area contributed by atoms with E-state index < -0.39 is 0 Å². The number of carbonyl (C=O) groups excluding carboxylic acids is 2. The monoisotopic (exact) mass is 314 g/mol. The Kier molecular flexibility index (Phi) is 6.12. The largest absolute Gasteiger partial charge is 0.344 e. The minimum absolute atomic E-state index is 0.000432. The van der Waals surface area contributed by atoms with E-state index in [-0.39, 0.29) is 24.3 Å². The summed E-state index contributed by atoms with van der Waals surface area (Å²) < 4.78 is 0. The zero-order valence-electron chi connectivity index (χ0n) is 13.3. The first-order valence-electron chi connectivity index (χ1n) is 7.75. The van der Waals surface area contributed by atoms with E-state index in [0.29, 0.717) is 12.4 Å². The van der Waals surface area contributed by atoms with Crippen LogP contribution in [-0.2, 0) is 9.59 Å². The molecule has 23 heavy (non-hydrogen) atoms. The molecule has 1 saturated heterocycles. The summed E-state index contributed by atoms with van der Waals surface area (Å²) in [6, 6.07) is 5.55. The first-order valence-corrected chi connectivity index (χ1v) is 7.75. The van der Waals surface area contributed by atoms with Crippen LogP contribution in [0.3, 0.4) is 0 Å². The summed E-state index contributed by atoms with van der Waals surface area (Å²) in [4.78, 5) is 30.2. The van der Waals surface area contributed by atoms with E-state index >= 15 is 0 Å². The van der Waals surface area contributed by atoms with Gasteiger partial charge in [-0.2, -0.15) is 0 Å². The molecule has 2 N–H and O–H groups in total. The topological polar surface area (TPSA) is 74.3 Å². The standard InChI is InChI=1S/C17H22N4O2/c1-3-9-18-16(22)12-21-10-7-14(8-11-21)17(23)20-15-6-4-5-13(2)19-15/h1,4-6,14H,7-12H2,2H3,(H,18,22)(H,19,20,23). The first kappa shape index (κ1) is 17.0. The van der Waals surface area contributed by atoms with Crippen LogP contribution in [0.2, 0.25) is 0 Å². The predicted octanol–water partition coefficient (Wildman–Crippen LogP) is 0.790. The lowest BCUT2D eigenvalue weighted by Gasteiger charge is -2.30. The van der Waals surface area contributed by atoms with Crippen LogP contribution >= 0.6 is 0 Å². The maximum Gasteiger partial charge on any atom is 0.234 e. The number of piperidine rings is 1.